The summed E-state index contributed by atoms with van der Waals surface area (Å²) in [6, 6.07) is 6.42. The van der Waals surface area contributed by atoms with E-state index >= 15 is 0 Å². The van der Waals surface area contributed by atoms with Gasteiger partial charge >= 0.3 is 5.97 Å². The van der Waals surface area contributed by atoms with Crippen molar-refractivity contribution in [1.29, 1.82) is 0 Å². The van der Waals surface area contributed by atoms with Crippen LogP contribution in [0.1, 0.15) is 11.5 Å². The second-order valence-electron chi connectivity index (χ2n) is 4.29. The van der Waals surface area contributed by atoms with Crippen molar-refractivity contribution in [2.75, 3.05) is 20.1 Å². The third-order valence-electron chi connectivity index (χ3n) is 3.12. The van der Waals surface area contributed by atoms with E-state index in [0.717, 1.165) is 0 Å². The molecule has 0 unspecified atom stereocenters. The first kappa shape index (κ1) is 11.1. The van der Waals surface area contributed by atoms with Gasteiger partial charge in [-0.2, -0.15) is 0 Å². The summed E-state index contributed by atoms with van der Waals surface area (Å²) in [7, 11) is 1.86. The summed E-state index contributed by atoms with van der Waals surface area (Å²) in [4.78, 5) is 13.0. The van der Waals surface area contributed by atoms with Crippen LogP contribution in [-0.2, 0) is 4.79 Å². The molecule has 0 spiro atoms. The van der Waals surface area contributed by atoms with Crippen LogP contribution in [0.15, 0.2) is 24.3 Å². The van der Waals surface area contributed by atoms with E-state index in [-0.39, 0.29) is 11.7 Å². The quantitative estimate of drug-likeness (QED) is 0.827. The van der Waals surface area contributed by atoms with E-state index in [1.807, 2.05) is 11.9 Å². The zero-order valence-corrected chi connectivity index (χ0v) is 9.06. The van der Waals surface area contributed by atoms with Crippen LogP contribution >= 0.6 is 0 Å². The molecular weight excluding hydrogens is 209 g/mol. The van der Waals surface area contributed by atoms with Crippen LogP contribution in [0.5, 0.6) is 0 Å². The number of hydrogen-bond acceptors (Lipinski definition) is 2. The standard InChI is InChI=1S/C12H14FNO2/c1-14-6-9(10(7-14)12(15)16)8-4-2-3-5-11(8)13/h2-5,9-10H,6-7H2,1H3,(H,15,16)/t9-,10-/m0/s1. The van der Waals surface area contributed by atoms with Crippen LogP contribution in [-0.4, -0.2) is 36.1 Å². The minimum atomic E-state index is -0.849. The predicted octanol–water partition coefficient (Wildman–Crippen LogP) is 1.56. The van der Waals surface area contributed by atoms with Gasteiger partial charge in [-0.3, -0.25) is 4.79 Å². The number of hydrogen-bond donors (Lipinski definition) is 1. The van der Waals surface area contributed by atoms with E-state index in [2.05, 4.69) is 0 Å². The Morgan fingerprint density at radius 3 is 2.75 bits per heavy atom. The number of benzene rings is 1. The fraction of sp³-hybridized carbons (Fsp3) is 0.417. The van der Waals surface area contributed by atoms with E-state index in [4.69, 9.17) is 5.11 Å². The zero-order chi connectivity index (χ0) is 11.7. The first-order chi connectivity index (χ1) is 7.59. The van der Waals surface area contributed by atoms with Gasteiger partial charge in [-0.1, -0.05) is 18.2 Å². The number of halogens is 1. The third-order valence-corrected chi connectivity index (χ3v) is 3.12. The maximum absolute atomic E-state index is 13.6. The van der Waals surface area contributed by atoms with Gasteiger partial charge in [-0.05, 0) is 18.7 Å². The lowest BCUT2D eigenvalue weighted by molar-refractivity contribution is -0.141. The molecular formula is C12H14FNO2. The molecule has 2 atom stereocenters. The Balaban J connectivity index is 2.33. The number of likely N-dealkylation sites (N-methyl/N-ethyl adjacent to an activating group) is 1. The van der Waals surface area contributed by atoms with Gasteiger partial charge in [0.2, 0.25) is 0 Å². The molecule has 86 valence electrons. The number of likely N-dealkylation sites (tertiary alicyclic amines) is 1. The molecule has 4 heteroatoms. The number of carboxylic acids is 1. The Morgan fingerprint density at radius 2 is 2.12 bits per heavy atom. The zero-order valence-electron chi connectivity index (χ0n) is 9.06. The molecule has 16 heavy (non-hydrogen) atoms. The lowest BCUT2D eigenvalue weighted by Gasteiger charge is -2.15. The first-order valence-electron chi connectivity index (χ1n) is 5.25. The topological polar surface area (TPSA) is 40.5 Å². The third kappa shape index (κ3) is 1.93. The van der Waals surface area contributed by atoms with Crippen molar-refractivity contribution in [2.45, 2.75) is 5.92 Å². The van der Waals surface area contributed by atoms with Crippen molar-refractivity contribution >= 4 is 5.97 Å². The fourth-order valence-electron chi connectivity index (χ4n) is 2.34. The molecule has 0 bridgehead atoms. The van der Waals surface area contributed by atoms with Gasteiger partial charge in [0.15, 0.2) is 0 Å². The monoisotopic (exact) mass is 223 g/mol. The van der Waals surface area contributed by atoms with Crippen LogP contribution in [0, 0.1) is 11.7 Å². The Hall–Kier alpha value is -1.42. The number of carboxylic acid groups (broad SMARTS) is 1. The number of aliphatic carboxylic acids is 1. The summed E-state index contributed by atoms with van der Waals surface area (Å²) in [5.74, 6) is -1.92. The van der Waals surface area contributed by atoms with E-state index in [1.54, 1.807) is 18.2 Å². The second-order valence-corrected chi connectivity index (χ2v) is 4.29. The summed E-state index contributed by atoms with van der Waals surface area (Å²) in [6.07, 6.45) is 0. The van der Waals surface area contributed by atoms with E-state index in [0.29, 0.717) is 18.7 Å². The van der Waals surface area contributed by atoms with Gasteiger partial charge in [-0.15, -0.1) is 0 Å². The highest BCUT2D eigenvalue weighted by Crippen LogP contribution is 2.33. The summed E-state index contributed by atoms with van der Waals surface area (Å²) in [5.41, 5.74) is 0.513. The average molecular weight is 223 g/mol. The van der Waals surface area contributed by atoms with Crippen LogP contribution in [0.3, 0.4) is 0 Å². The summed E-state index contributed by atoms with van der Waals surface area (Å²) in [5, 5.41) is 9.10. The molecule has 1 N–H and O–H groups in total. The van der Waals surface area contributed by atoms with Crippen LogP contribution in [0.25, 0.3) is 0 Å². The Labute approximate surface area is 93.5 Å². The predicted molar refractivity (Wildman–Crippen MR) is 57.8 cm³/mol. The van der Waals surface area contributed by atoms with E-state index in [9.17, 15) is 9.18 Å². The Kier molecular flexibility index (Phi) is 2.92. The van der Waals surface area contributed by atoms with Crippen LogP contribution < -0.4 is 0 Å². The highest BCUT2D eigenvalue weighted by Gasteiger charge is 2.37. The summed E-state index contributed by atoms with van der Waals surface area (Å²) >= 11 is 0. The van der Waals surface area contributed by atoms with Crippen molar-refractivity contribution in [1.82, 2.24) is 4.90 Å². The molecule has 2 rings (SSSR count). The minimum Gasteiger partial charge on any atom is -0.481 e. The van der Waals surface area contributed by atoms with Crippen LogP contribution in [0.2, 0.25) is 0 Å². The SMILES string of the molecule is CN1C[C@H](C(=O)O)[C@H](c2ccccc2F)C1. The summed E-state index contributed by atoms with van der Waals surface area (Å²) in [6.45, 7) is 1.08. The highest BCUT2D eigenvalue weighted by molar-refractivity contribution is 5.72. The van der Waals surface area contributed by atoms with Crippen molar-refractivity contribution in [3.05, 3.63) is 35.6 Å². The number of rotatable bonds is 2. The Bertz CT molecular complexity index is 408. The average Bonchev–Trinajstić information content (AvgIpc) is 2.61. The van der Waals surface area contributed by atoms with Crippen molar-refractivity contribution < 1.29 is 14.3 Å². The molecule has 0 radical (unpaired) electrons. The molecule has 0 aromatic heterocycles. The Morgan fingerprint density at radius 1 is 1.44 bits per heavy atom. The summed E-state index contributed by atoms with van der Waals surface area (Å²) < 4.78 is 13.6. The first-order valence-corrected chi connectivity index (χ1v) is 5.25. The van der Waals surface area contributed by atoms with Gasteiger partial charge in [-0.25, -0.2) is 4.39 Å². The molecule has 1 aliphatic rings. The van der Waals surface area contributed by atoms with Gasteiger partial charge in [0.1, 0.15) is 5.82 Å². The molecule has 1 aromatic carbocycles. The molecule has 0 saturated carbocycles. The molecule has 1 aromatic rings. The van der Waals surface area contributed by atoms with E-state index < -0.39 is 11.9 Å². The minimum absolute atomic E-state index is 0.247. The fourth-order valence-corrected chi connectivity index (χ4v) is 2.34. The van der Waals surface area contributed by atoms with Crippen molar-refractivity contribution in [2.24, 2.45) is 5.92 Å². The second kappa shape index (κ2) is 4.22. The van der Waals surface area contributed by atoms with Gasteiger partial charge in [0, 0.05) is 19.0 Å². The lowest BCUT2D eigenvalue weighted by Crippen LogP contribution is -2.21. The molecule has 1 heterocycles. The molecule has 3 nitrogen and oxygen atoms in total. The largest absolute Gasteiger partial charge is 0.481 e. The molecule has 1 saturated heterocycles. The molecule has 0 aliphatic carbocycles. The van der Waals surface area contributed by atoms with Gasteiger partial charge in [0.25, 0.3) is 0 Å². The molecule has 1 fully saturated rings. The highest BCUT2D eigenvalue weighted by atomic mass is 19.1. The maximum Gasteiger partial charge on any atom is 0.308 e. The molecule has 1 aliphatic heterocycles. The number of nitrogens with zero attached hydrogens (tertiary/aromatic N) is 1. The van der Waals surface area contributed by atoms with Gasteiger partial charge in [0.05, 0.1) is 5.92 Å². The van der Waals surface area contributed by atoms with Gasteiger partial charge < -0.3 is 10.0 Å². The van der Waals surface area contributed by atoms with Crippen molar-refractivity contribution in [3.8, 4) is 0 Å². The number of carbonyl (C=O) groups is 1. The maximum atomic E-state index is 13.6. The van der Waals surface area contributed by atoms with E-state index in [1.165, 1.54) is 6.07 Å². The smallest absolute Gasteiger partial charge is 0.308 e. The van der Waals surface area contributed by atoms with Crippen LogP contribution in [0.4, 0.5) is 4.39 Å². The lowest BCUT2D eigenvalue weighted by atomic mass is 9.89. The van der Waals surface area contributed by atoms with Crippen molar-refractivity contribution in [3.63, 3.8) is 0 Å². The normalized spacial score (nSPS) is 25.9. The molecule has 0 amide bonds.